The van der Waals surface area contributed by atoms with Crippen LogP contribution >= 0.6 is 34.8 Å². The van der Waals surface area contributed by atoms with Crippen molar-refractivity contribution >= 4 is 34.8 Å². The van der Waals surface area contributed by atoms with Crippen LogP contribution in [-0.4, -0.2) is 17.3 Å². The summed E-state index contributed by atoms with van der Waals surface area (Å²) in [4.78, 5) is 0. The molecule has 1 saturated carbocycles. The Bertz CT molecular complexity index is 409. The summed E-state index contributed by atoms with van der Waals surface area (Å²) in [5.74, 6) is 0.479. The first-order valence-corrected chi connectivity index (χ1v) is 6.70. The quantitative estimate of drug-likeness (QED) is 0.823. The average Bonchev–Trinajstić information content (AvgIpc) is 2.29. The monoisotopic (exact) mass is 294 g/mol. The Balaban J connectivity index is 2.15. The van der Waals surface area contributed by atoms with Crippen LogP contribution < -0.4 is 4.74 Å². The first-order valence-electron chi connectivity index (χ1n) is 5.57. The molecule has 0 aromatic heterocycles. The molecule has 0 amide bonds. The smallest absolute Gasteiger partial charge is 0.140 e. The largest absolute Gasteiger partial charge is 0.486 e. The fourth-order valence-corrected chi connectivity index (χ4v) is 2.55. The molecule has 2 atom stereocenters. The second-order valence-electron chi connectivity index (χ2n) is 4.20. The molecule has 1 aromatic carbocycles. The maximum absolute atomic E-state index is 9.82. The van der Waals surface area contributed by atoms with Gasteiger partial charge in [-0.1, -0.05) is 41.2 Å². The standard InChI is InChI=1S/C12H13Cl3O2/c13-7-5-9(15)12(6-8(7)14)17-11-4-2-1-3-10(11)16/h5-6,10-11,16H,1-4H2/t10-,11-/m1/s1. The number of hydrogen-bond donors (Lipinski definition) is 1. The Labute approximate surface area is 115 Å². The molecule has 94 valence electrons. The number of benzene rings is 1. The lowest BCUT2D eigenvalue weighted by atomic mass is 9.95. The highest BCUT2D eigenvalue weighted by Crippen LogP contribution is 2.35. The normalized spacial score (nSPS) is 24.7. The lowest BCUT2D eigenvalue weighted by Crippen LogP contribution is -2.34. The van der Waals surface area contributed by atoms with Crippen molar-refractivity contribution in [2.75, 3.05) is 0 Å². The molecule has 1 aliphatic rings. The second kappa shape index (κ2) is 5.66. The van der Waals surface area contributed by atoms with Crippen LogP contribution in [0.2, 0.25) is 15.1 Å². The van der Waals surface area contributed by atoms with Crippen molar-refractivity contribution in [3.63, 3.8) is 0 Å². The molecule has 0 aliphatic heterocycles. The van der Waals surface area contributed by atoms with E-state index >= 15 is 0 Å². The van der Waals surface area contributed by atoms with E-state index in [0.717, 1.165) is 25.7 Å². The summed E-state index contributed by atoms with van der Waals surface area (Å²) in [6.07, 6.45) is 3.05. The van der Waals surface area contributed by atoms with Gasteiger partial charge < -0.3 is 9.84 Å². The maximum atomic E-state index is 9.82. The summed E-state index contributed by atoms with van der Waals surface area (Å²) in [7, 11) is 0. The van der Waals surface area contributed by atoms with Gasteiger partial charge in [0.15, 0.2) is 0 Å². The van der Waals surface area contributed by atoms with Gasteiger partial charge in [-0.2, -0.15) is 0 Å². The summed E-state index contributed by atoms with van der Waals surface area (Å²) in [5.41, 5.74) is 0. The maximum Gasteiger partial charge on any atom is 0.140 e. The minimum Gasteiger partial charge on any atom is -0.486 e. The summed E-state index contributed by atoms with van der Waals surface area (Å²) in [6, 6.07) is 3.14. The zero-order valence-corrected chi connectivity index (χ0v) is 11.4. The third-order valence-corrected chi connectivity index (χ3v) is 3.94. The van der Waals surface area contributed by atoms with Crippen LogP contribution in [0.25, 0.3) is 0 Å². The van der Waals surface area contributed by atoms with Crippen LogP contribution in [0.15, 0.2) is 12.1 Å². The number of rotatable bonds is 2. The van der Waals surface area contributed by atoms with Crippen LogP contribution in [0.3, 0.4) is 0 Å². The van der Waals surface area contributed by atoms with Crippen LogP contribution in [0.5, 0.6) is 5.75 Å². The van der Waals surface area contributed by atoms with Crippen molar-refractivity contribution < 1.29 is 9.84 Å². The molecule has 1 aliphatic carbocycles. The second-order valence-corrected chi connectivity index (χ2v) is 5.43. The zero-order chi connectivity index (χ0) is 12.4. The molecule has 1 fully saturated rings. The van der Waals surface area contributed by atoms with Crippen molar-refractivity contribution in [2.24, 2.45) is 0 Å². The predicted molar refractivity (Wildman–Crippen MR) is 70.4 cm³/mol. The third-order valence-electron chi connectivity index (χ3n) is 2.92. The fourth-order valence-electron chi connectivity index (χ4n) is 1.97. The Morgan fingerprint density at radius 2 is 1.65 bits per heavy atom. The Morgan fingerprint density at radius 1 is 1.00 bits per heavy atom. The van der Waals surface area contributed by atoms with Gasteiger partial charge in [-0.25, -0.2) is 0 Å². The molecule has 0 bridgehead atoms. The first-order chi connectivity index (χ1) is 8.08. The first kappa shape index (κ1) is 13.3. The van der Waals surface area contributed by atoms with E-state index in [1.807, 2.05) is 0 Å². The number of aliphatic hydroxyl groups is 1. The van der Waals surface area contributed by atoms with E-state index in [-0.39, 0.29) is 6.10 Å². The molecule has 0 heterocycles. The van der Waals surface area contributed by atoms with Gasteiger partial charge in [-0.3, -0.25) is 0 Å². The molecule has 0 radical (unpaired) electrons. The van der Waals surface area contributed by atoms with Crippen LogP contribution in [0.1, 0.15) is 25.7 Å². The average molecular weight is 296 g/mol. The Kier molecular flexibility index (Phi) is 4.42. The third kappa shape index (κ3) is 3.19. The van der Waals surface area contributed by atoms with E-state index in [4.69, 9.17) is 39.5 Å². The van der Waals surface area contributed by atoms with E-state index in [0.29, 0.717) is 20.8 Å². The molecule has 0 unspecified atom stereocenters. The molecule has 0 saturated heterocycles. The SMILES string of the molecule is O[C@@H]1CCCC[C@H]1Oc1cc(Cl)c(Cl)cc1Cl. The highest BCUT2D eigenvalue weighted by molar-refractivity contribution is 6.43. The lowest BCUT2D eigenvalue weighted by Gasteiger charge is -2.28. The van der Waals surface area contributed by atoms with Gasteiger partial charge in [-0.05, 0) is 25.3 Å². The Hall–Kier alpha value is -0.150. The van der Waals surface area contributed by atoms with Crippen LogP contribution in [0.4, 0.5) is 0 Å². The van der Waals surface area contributed by atoms with Crippen LogP contribution in [0, 0.1) is 0 Å². The van der Waals surface area contributed by atoms with E-state index in [1.165, 1.54) is 0 Å². The van der Waals surface area contributed by atoms with E-state index in [1.54, 1.807) is 12.1 Å². The molecule has 1 N–H and O–H groups in total. The molecule has 5 heteroatoms. The van der Waals surface area contributed by atoms with Crippen molar-refractivity contribution in [1.82, 2.24) is 0 Å². The van der Waals surface area contributed by atoms with Gasteiger partial charge in [0.05, 0.1) is 21.2 Å². The molecule has 2 nitrogen and oxygen atoms in total. The van der Waals surface area contributed by atoms with Crippen molar-refractivity contribution in [1.29, 1.82) is 0 Å². The molecule has 2 rings (SSSR count). The minimum atomic E-state index is -0.436. The van der Waals surface area contributed by atoms with Crippen molar-refractivity contribution in [3.05, 3.63) is 27.2 Å². The van der Waals surface area contributed by atoms with Crippen molar-refractivity contribution in [3.8, 4) is 5.75 Å². The number of aliphatic hydroxyl groups excluding tert-OH is 1. The molecular formula is C12H13Cl3O2. The van der Waals surface area contributed by atoms with Gasteiger partial charge >= 0.3 is 0 Å². The molecule has 0 spiro atoms. The molecular weight excluding hydrogens is 282 g/mol. The number of hydrogen-bond acceptors (Lipinski definition) is 2. The van der Waals surface area contributed by atoms with E-state index in [9.17, 15) is 5.11 Å². The number of ether oxygens (including phenoxy) is 1. The van der Waals surface area contributed by atoms with Gasteiger partial charge in [0.2, 0.25) is 0 Å². The van der Waals surface area contributed by atoms with E-state index in [2.05, 4.69) is 0 Å². The highest BCUT2D eigenvalue weighted by Gasteiger charge is 2.25. The van der Waals surface area contributed by atoms with Gasteiger partial charge in [0.25, 0.3) is 0 Å². The molecule has 1 aromatic rings. The van der Waals surface area contributed by atoms with Crippen molar-refractivity contribution in [2.45, 2.75) is 37.9 Å². The van der Waals surface area contributed by atoms with Gasteiger partial charge in [0.1, 0.15) is 11.9 Å². The molecule has 17 heavy (non-hydrogen) atoms. The topological polar surface area (TPSA) is 29.5 Å². The Morgan fingerprint density at radius 3 is 2.35 bits per heavy atom. The summed E-state index contributed by atoms with van der Waals surface area (Å²) in [5, 5.41) is 11.0. The lowest BCUT2D eigenvalue weighted by molar-refractivity contribution is 0.00693. The van der Waals surface area contributed by atoms with Gasteiger partial charge in [-0.15, -0.1) is 0 Å². The van der Waals surface area contributed by atoms with Crippen LogP contribution in [-0.2, 0) is 0 Å². The van der Waals surface area contributed by atoms with E-state index < -0.39 is 6.10 Å². The zero-order valence-electron chi connectivity index (χ0n) is 9.13. The number of halogens is 3. The summed E-state index contributed by atoms with van der Waals surface area (Å²) >= 11 is 17.8. The van der Waals surface area contributed by atoms with Gasteiger partial charge in [0, 0.05) is 6.07 Å². The summed E-state index contributed by atoms with van der Waals surface area (Å²) in [6.45, 7) is 0. The fraction of sp³-hybridized carbons (Fsp3) is 0.500. The summed E-state index contributed by atoms with van der Waals surface area (Å²) < 4.78 is 5.71. The predicted octanol–water partition coefficient (Wildman–Crippen LogP) is 4.33. The highest BCUT2D eigenvalue weighted by atomic mass is 35.5. The minimum absolute atomic E-state index is 0.210.